The first kappa shape index (κ1) is 15.3. The minimum absolute atomic E-state index is 0.0662. The molecule has 1 unspecified atom stereocenters. The van der Waals surface area contributed by atoms with Crippen molar-refractivity contribution >= 4 is 15.4 Å². The van der Waals surface area contributed by atoms with E-state index in [1.165, 1.54) is 0 Å². The molecule has 0 aromatic heterocycles. The Hall–Kier alpha value is 0.260. The summed E-state index contributed by atoms with van der Waals surface area (Å²) in [6, 6.07) is 0. The standard InChI is InChI=1S/C6H16O7P2/c1-2-3-6(13-15(10,11)12)4-5-14(7,8)9/h6H,2-5H2,1H3,(H2,7,8,9)(H2,10,11,12). The third-order valence-corrected chi connectivity index (χ3v) is 3.05. The average molecular weight is 262 g/mol. The molecule has 0 heterocycles. The Kier molecular flexibility index (Phi) is 6.21. The maximum atomic E-state index is 10.6. The predicted molar refractivity (Wildman–Crippen MR) is 53.4 cm³/mol. The van der Waals surface area contributed by atoms with Gasteiger partial charge in [0.1, 0.15) is 0 Å². The Morgan fingerprint density at radius 1 is 1.13 bits per heavy atom. The first-order valence-electron chi connectivity index (χ1n) is 4.42. The van der Waals surface area contributed by atoms with Gasteiger partial charge in [0.15, 0.2) is 0 Å². The molecule has 0 saturated heterocycles. The van der Waals surface area contributed by atoms with E-state index in [9.17, 15) is 9.13 Å². The summed E-state index contributed by atoms with van der Waals surface area (Å²) in [6.45, 7) is 1.79. The van der Waals surface area contributed by atoms with Crippen LogP contribution in [0.4, 0.5) is 0 Å². The number of phosphoric acid groups is 1. The molecule has 0 fully saturated rings. The van der Waals surface area contributed by atoms with Crippen LogP contribution < -0.4 is 0 Å². The fourth-order valence-corrected chi connectivity index (χ4v) is 2.30. The lowest BCUT2D eigenvalue weighted by Crippen LogP contribution is -2.13. The summed E-state index contributed by atoms with van der Waals surface area (Å²) in [7, 11) is -8.73. The highest BCUT2D eigenvalue weighted by molar-refractivity contribution is 7.51. The zero-order valence-electron chi connectivity index (χ0n) is 8.31. The van der Waals surface area contributed by atoms with Crippen LogP contribution in [-0.4, -0.2) is 31.8 Å². The van der Waals surface area contributed by atoms with Gasteiger partial charge in [-0.25, -0.2) is 4.57 Å². The molecule has 0 aliphatic carbocycles. The van der Waals surface area contributed by atoms with Crippen molar-refractivity contribution in [3.05, 3.63) is 0 Å². The number of hydrogen-bond donors (Lipinski definition) is 4. The third-order valence-electron chi connectivity index (χ3n) is 1.64. The van der Waals surface area contributed by atoms with E-state index in [1.54, 1.807) is 6.92 Å². The molecule has 0 aliphatic heterocycles. The van der Waals surface area contributed by atoms with Crippen molar-refractivity contribution in [3.8, 4) is 0 Å². The van der Waals surface area contributed by atoms with E-state index < -0.39 is 27.7 Å². The summed E-state index contributed by atoms with van der Waals surface area (Å²) in [5.41, 5.74) is 0. The summed E-state index contributed by atoms with van der Waals surface area (Å²) in [4.78, 5) is 34.3. The Balaban J connectivity index is 4.17. The van der Waals surface area contributed by atoms with Crippen LogP contribution in [-0.2, 0) is 13.7 Å². The molecule has 0 aliphatic rings. The van der Waals surface area contributed by atoms with E-state index in [-0.39, 0.29) is 6.42 Å². The molecule has 0 aromatic carbocycles. The Morgan fingerprint density at radius 3 is 2.00 bits per heavy atom. The lowest BCUT2D eigenvalue weighted by Gasteiger charge is -2.17. The van der Waals surface area contributed by atoms with Gasteiger partial charge in [0.2, 0.25) is 0 Å². The zero-order chi connectivity index (χ0) is 12.1. The van der Waals surface area contributed by atoms with Crippen LogP contribution in [0.25, 0.3) is 0 Å². The lowest BCUT2D eigenvalue weighted by molar-refractivity contribution is 0.122. The van der Waals surface area contributed by atoms with Crippen molar-refractivity contribution in [2.45, 2.75) is 32.3 Å². The summed E-state index contributed by atoms with van der Waals surface area (Å²) in [5.74, 6) is 0. The summed E-state index contributed by atoms with van der Waals surface area (Å²) in [5, 5.41) is 0. The normalized spacial score (nSPS) is 15.3. The molecule has 0 bridgehead atoms. The highest BCUT2D eigenvalue weighted by Crippen LogP contribution is 2.42. The van der Waals surface area contributed by atoms with E-state index in [0.29, 0.717) is 12.8 Å². The summed E-state index contributed by atoms with van der Waals surface area (Å²) < 4.78 is 25.5. The molecule has 4 N–H and O–H groups in total. The molecule has 0 saturated carbocycles. The molecular formula is C6H16O7P2. The minimum atomic E-state index is -4.59. The van der Waals surface area contributed by atoms with E-state index in [2.05, 4.69) is 4.52 Å². The van der Waals surface area contributed by atoms with Gasteiger partial charge in [0, 0.05) is 0 Å². The topological polar surface area (TPSA) is 124 Å². The molecule has 0 aromatic rings. The van der Waals surface area contributed by atoms with Crippen LogP contribution in [0.2, 0.25) is 0 Å². The van der Waals surface area contributed by atoms with Crippen LogP contribution in [0.3, 0.4) is 0 Å². The minimum Gasteiger partial charge on any atom is -0.324 e. The van der Waals surface area contributed by atoms with Crippen molar-refractivity contribution in [1.29, 1.82) is 0 Å². The first-order chi connectivity index (χ1) is 6.64. The van der Waals surface area contributed by atoms with Gasteiger partial charge in [0.25, 0.3) is 0 Å². The summed E-state index contributed by atoms with van der Waals surface area (Å²) >= 11 is 0. The fraction of sp³-hybridized carbons (Fsp3) is 1.00. The highest BCUT2D eigenvalue weighted by atomic mass is 31.2. The van der Waals surface area contributed by atoms with Crippen LogP contribution >= 0.6 is 15.4 Å². The molecular weight excluding hydrogens is 246 g/mol. The van der Waals surface area contributed by atoms with Crippen molar-refractivity contribution in [3.63, 3.8) is 0 Å². The second-order valence-electron chi connectivity index (χ2n) is 3.18. The molecule has 7 nitrogen and oxygen atoms in total. The molecule has 0 spiro atoms. The zero-order valence-corrected chi connectivity index (χ0v) is 10.1. The van der Waals surface area contributed by atoms with Crippen molar-refractivity contribution < 1.29 is 33.2 Å². The van der Waals surface area contributed by atoms with Gasteiger partial charge >= 0.3 is 15.4 Å². The van der Waals surface area contributed by atoms with E-state index in [4.69, 9.17) is 19.6 Å². The highest BCUT2D eigenvalue weighted by Gasteiger charge is 2.24. The maximum Gasteiger partial charge on any atom is 0.469 e. The fourth-order valence-electron chi connectivity index (χ4n) is 1.08. The van der Waals surface area contributed by atoms with Crippen molar-refractivity contribution in [1.82, 2.24) is 0 Å². The van der Waals surface area contributed by atoms with E-state index in [1.807, 2.05) is 0 Å². The van der Waals surface area contributed by atoms with Crippen LogP contribution in [0.15, 0.2) is 0 Å². The summed E-state index contributed by atoms with van der Waals surface area (Å²) in [6.07, 6.45) is -0.346. The molecule has 0 radical (unpaired) electrons. The number of phosphoric ester groups is 1. The predicted octanol–water partition coefficient (Wildman–Crippen LogP) is 0.832. The van der Waals surface area contributed by atoms with Gasteiger partial charge in [-0.1, -0.05) is 13.3 Å². The molecule has 0 rings (SSSR count). The second kappa shape index (κ2) is 6.11. The Bertz CT molecular complexity index is 267. The van der Waals surface area contributed by atoms with Gasteiger partial charge in [-0.2, -0.15) is 0 Å². The lowest BCUT2D eigenvalue weighted by atomic mass is 10.2. The second-order valence-corrected chi connectivity index (χ2v) is 6.15. The molecule has 15 heavy (non-hydrogen) atoms. The van der Waals surface area contributed by atoms with Gasteiger partial charge in [-0.05, 0) is 12.8 Å². The quantitative estimate of drug-likeness (QED) is 0.501. The molecule has 92 valence electrons. The van der Waals surface area contributed by atoms with Gasteiger partial charge in [0.05, 0.1) is 12.3 Å². The first-order valence-corrected chi connectivity index (χ1v) is 7.75. The van der Waals surface area contributed by atoms with E-state index in [0.717, 1.165) is 0 Å². The average Bonchev–Trinajstić information content (AvgIpc) is 1.96. The smallest absolute Gasteiger partial charge is 0.324 e. The Morgan fingerprint density at radius 2 is 1.67 bits per heavy atom. The van der Waals surface area contributed by atoms with E-state index >= 15 is 0 Å². The van der Waals surface area contributed by atoms with Gasteiger partial charge in [-0.15, -0.1) is 0 Å². The Labute approximate surface area is 87.9 Å². The van der Waals surface area contributed by atoms with Gasteiger partial charge in [-0.3, -0.25) is 9.09 Å². The SMILES string of the molecule is CCCC(CCP(=O)(O)O)OP(=O)(O)O. The largest absolute Gasteiger partial charge is 0.469 e. The molecule has 9 heteroatoms. The number of hydrogen-bond acceptors (Lipinski definition) is 3. The molecule has 0 amide bonds. The van der Waals surface area contributed by atoms with Crippen molar-refractivity contribution in [2.75, 3.05) is 6.16 Å². The van der Waals surface area contributed by atoms with Crippen molar-refractivity contribution in [2.24, 2.45) is 0 Å². The maximum absolute atomic E-state index is 10.6. The monoisotopic (exact) mass is 262 g/mol. The van der Waals surface area contributed by atoms with Gasteiger partial charge < -0.3 is 19.6 Å². The van der Waals surface area contributed by atoms with Crippen LogP contribution in [0, 0.1) is 0 Å². The van der Waals surface area contributed by atoms with Crippen LogP contribution in [0.5, 0.6) is 0 Å². The third kappa shape index (κ3) is 10.5. The number of rotatable bonds is 7. The van der Waals surface area contributed by atoms with Crippen LogP contribution in [0.1, 0.15) is 26.2 Å². The molecule has 1 atom stereocenters.